The van der Waals surface area contributed by atoms with Crippen molar-refractivity contribution >= 4 is 23.1 Å². The predicted molar refractivity (Wildman–Crippen MR) is 151 cm³/mol. The molecule has 0 aliphatic heterocycles. The standard InChI is InChI=1S/C32H33FN6O/c1-15-23-25-24(31(23,3)4)16(2)32(15,25)30-38-26(27-28(34)36-11-12-39(27)30)20-8-7-19(13-21(20)33)29(40)37-22-14-18(9-10-35-22)17-5-6-17/h7-17,23-25H,5-6H2,1-4H3,(H2,34,36)(H,35,37,40). The molecular formula is C32H33FN6O. The van der Waals surface area contributed by atoms with Crippen molar-refractivity contribution in [1.29, 1.82) is 0 Å². The van der Waals surface area contributed by atoms with Gasteiger partial charge in [-0.15, -0.1) is 0 Å². The molecule has 0 saturated heterocycles. The zero-order chi connectivity index (χ0) is 27.7. The Kier molecular flexibility index (Phi) is 4.61. The fourth-order valence-electron chi connectivity index (χ4n) is 9.47. The van der Waals surface area contributed by atoms with Crippen LogP contribution in [-0.2, 0) is 5.41 Å². The van der Waals surface area contributed by atoms with Gasteiger partial charge in [-0.3, -0.25) is 9.20 Å². The average molecular weight is 537 g/mol. The number of aromatic nitrogens is 4. The Morgan fingerprint density at radius 3 is 2.48 bits per heavy atom. The number of anilines is 2. The first-order valence-electron chi connectivity index (χ1n) is 14.4. The summed E-state index contributed by atoms with van der Waals surface area (Å²) in [5.41, 5.74) is 9.50. The van der Waals surface area contributed by atoms with Gasteiger partial charge < -0.3 is 11.1 Å². The number of pyridine rings is 1. The van der Waals surface area contributed by atoms with E-state index in [1.807, 2.05) is 22.7 Å². The maximum Gasteiger partial charge on any atom is 0.256 e. The van der Waals surface area contributed by atoms with Crippen LogP contribution in [0.5, 0.6) is 0 Å². The van der Waals surface area contributed by atoms with Gasteiger partial charge in [0.2, 0.25) is 0 Å². The van der Waals surface area contributed by atoms with Crippen molar-refractivity contribution in [3.05, 3.63) is 71.7 Å². The molecule has 0 bridgehead atoms. The largest absolute Gasteiger partial charge is 0.382 e. The second kappa shape index (κ2) is 7.68. The van der Waals surface area contributed by atoms with Gasteiger partial charge in [-0.1, -0.05) is 27.7 Å². The fourth-order valence-corrected chi connectivity index (χ4v) is 9.47. The van der Waals surface area contributed by atoms with Crippen LogP contribution in [0, 0.1) is 40.8 Å². The molecule has 7 nitrogen and oxygen atoms in total. The third-order valence-corrected chi connectivity index (χ3v) is 11.2. The first-order chi connectivity index (χ1) is 19.2. The first kappa shape index (κ1) is 24.0. The zero-order valence-electron chi connectivity index (χ0n) is 23.1. The van der Waals surface area contributed by atoms with Crippen LogP contribution >= 0.6 is 0 Å². The molecule has 4 unspecified atom stereocenters. The van der Waals surface area contributed by atoms with Gasteiger partial charge in [-0.25, -0.2) is 19.3 Å². The number of benzene rings is 1. The summed E-state index contributed by atoms with van der Waals surface area (Å²) in [5, 5.41) is 2.82. The fraction of sp³-hybridized carbons (Fsp3) is 0.438. The average Bonchev–Trinajstić information content (AvgIpc) is 3.70. The van der Waals surface area contributed by atoms with Gasteiger partial charge in [0, 0.05) is 35.1 Å². The van der Waals surface area contributed by atoms with Crippen molar-refractivity contribution in [2.75, 3.05) is 11.1 Å². The molecule has 4 fully saturated rings. The molecule has 0 spiro atoms. The number of nitrogen functional groups attached to an aromatic ring is 1. The number of amides is 1. The number of hydrogen-bond donors (Lipinski definition) is 2. The third kappa shape index (κ3) is 2.79. The van der Waals surface area contributed by atoms with E-state index in [4.69, 9.17) is 10.7 Å². The van der Waals surface area contributed by atoms with E-state index in [0.717, 1.165) is 18.7 Å². The van der Waals surface area contributed by atoms with Crippen molar-refractivity contribution in [2.24, 2.45) is 35.0 Å². The van der Waals surface area contributed by atoms with Gasteiger partial charge in [0.1, 0.15) is 34.5 Å². The molecule has 8 heteroatoms. The smallest absolute Gasteiger partial charge is 0.256 e. The molecule has 8 rings (SSSR count). The third-order valence-electron chi connectivity index (χ3n) is 11.2. The molecule has 40 heavy (non-hydrogen) atoms. The van der Waals surface area contributed by atoms with Crippen LogP contribution in [0.3, 0.4) is 0 Å². The topological polar surface area (TPSA) is 98.2 Å². The lowest BCUT2D eigenvalue weighted by atomic mass is 9.15. The van der Waals surface area contributed by atoms with E-state index >= 15 is 4.39 Å². The van der Waals surface area contributed by atoms with Crippen molar-refractivity contribution in [3.63, 3.8) is 0 Å². The number of nitrogens with zero attached hydrogens (tertiary/aromatic N) is 4. The van der Waals surface area contributed by atoms with Crippen LogP contribution in [0.4, 0.5) is 16.0 Å². The van der Waals surface area contributed by atoms with Crippen LogP contribution in [-0.4, -0.2) is 25.3 Å². The lowest BCUT2D eigenvalue weighted by Crippen LogP contribution is -2.88. The van der Waals surface area contributed by atoms with Crippen molar-refractivity contribution in [2.45, 2.75) is 51.9 Å². The summed E-state index contributed by atoms with van der Waals surface area (Å²) in [5.74, 6) is 4.27. The van der Waals surface area contributed by atoms with E-state index in [-0.39, 0.29) is 11.0 Å². The molecule has 3 aromatic heterocycles. The maximum atomic E-state index is 15.8. The summed E-state index contributed by atoms with van der Waals surface area (Å²) in [7, 11) is 0. The summed E-state index contributed by atoms with van der Waals surface area (Å²) in [4.78, 5) is 26.7. The number of fused-ring (bicyclic) bond motifs is 1. The van der Waals surface area contributed by atoms with Gasteiger partial charge in [0.05, 0.1) is 0 Å². The Morgan fingerprint density at radius 2 is 1.80 bits per heavy atom. The van der Waals surface area contributed by atoms with Crippen LogP contribution < -0.4 is 11.1 Å². The molecular weight excluding hydrogens is 503 g/mol. The number of rotatable bonds is 5. The SMILES string of the molecule is CC1C2C3C(C(C)C13c1nc(-c3ccc(C(=O)Nc4cc(C5CC5)ccn4)cc3F)c3c(N)nccn13)C2(C)C. The Morgan fingerprint density at radius 1 is 1.05 bits per heavy atom. The minimum absolute atomic E-state index is 0.0435. The van der Waals surface area contributed by atoms with Gasteiger partial charge in [0.15, 0.2) is 0 Å². The lowest BCUT2D eigenvalue weighted by Gasteiger charge is -2.88. The van der Waals surface area contributed by atoms with E-state index in [0.29, 0.717) is 69.3 Å². The van der Waals surface area contributed by atoms with E-state index in [1.54, 1.807) is 24.5 Å². The zero-order valence-corrected chi connectivity index (χ0v) is 23.1. The monoisotopic (exact) mass is 536 g/mol. The van der Waals surface area contributed by atoms with Crippen LogP contribution in [0.2, 0.25) is 0 Å². The summed E-state index contributed by atoms with van der Waals surface area (Å²) < 4.78 is 17.8. The van der Waals surface area contributed by atoms with Crippen molar-refractivity contribution in [3.8, 4) is 11.3 Å². The van der Waals surface area contributed by atoms with Gasteiger partial charge in [-0.05, 0) is 89.7 Å². The Bertz CT molecular complexity index is 1710. The minimum atomic E-state index is -0.525. The van der Waals surface area contributed by atoms with Crippen LogP contribution in [0.1, 0.15) is 68.2 Å². The molecule has 1 aromatic carbocycles. The molecule has 4 atom stereocenters. The number of carbonyl (C=O) groups is 1. The number of hydrogen-bond acceptors (Lipinski definition) is 5. The number of carbonyl (C=O) groups excluding carboxylic acids is 1. The lowest BCUT2D eigenvalue weighted by molar-refractivity contribution is -0.385. The molecule has 4 saturated carbocycles. The molecule has 3 N–H and O–H groups in total. The van der Waals surface area contributed by atoms with Gasteiger partial charge in [-0.2, -0.15) is 0 Å². The van der Waals surface area contributed by atoms with Crippen molar-refractivity contribution < 1.29 is 9.18 Å². The summed E-state index contributed by atoms with van der Waals surface area (Å²) in [6, 6.07) is 8.40. The highest BCUT2D eigenvalue weighted by Gasteiger charge is 2.87. The number of nitrogens with two attached hydrogens (primary N) is 1. The molecule has 4 aliphatic carbocycles. The highest BCUT2D eigenvalue weighted by atomic mass is 19.1. The second-order valence-corrected chi connectivity index (χ2v) is 13.1. The molecule has 1 amide bonds. The van der Waals surface area contributed by atoms with E-state index in [1.165, 1.54) is 11.6 Å². The quantitative estimate of drug-likeness (QED) is 0.323. The summed E-state index contributed by atoms with van der Waals surface area (Å²) >= 11 is 0. The minimum Gasteiger partial charge on any atom is -0.382 e. The molecule has 3 heterocycles. The summed E-state index contributed by atoms with van der Waals surface area (Å²) in [6.07, 6.45) is 7.61. The molecule has 0 radical (unpaired) electrons. The van der Waals surface area contributed by atoms with E-state index in [9.17, 15) is 4.79 Å². The van der Waals surface area contributed by atoms with Gasteiger partial charge in [0.25, 0.3) is 5.91 Å². The molecule has 204 valence electrons. The van der Waals surface area contributed by atoms with E-state index in [2.05, 4.69) is 43.0 Å². The Balaban J connectivity index is 1.16. The number of imidazole rings is 1. The van der Waals surface area contributed by atoms with Crippen LogP contribution in [0.25, 0.3) is 16.8 Å². The normalized spacial score (nSPS) is 31.1. The highest BCUT2D eigenvalue weighted by molar-refractivity contribution is 6.04. The highest BCUT2D eigenvalue weighted by Crippen LogP contribution is 2.87. The van der Waals surface area contributed by atoms with E-state index < -0.39 is 11.7 Å². The van der Waals surface area contributed by atoms with Crippen LogP contribution in [0.15, 0.2) is 48.9 Å². The predicted octanol–water partition coefficient (Wildman–Crippen LogP) is 6.07. The van der Waals surface area contributed by atoms with Gasteiger partial charge >= 0.3 is 0 Å². The number of halogens is 1. The maximum absolute atomic E-state index is 15.8. The first-order valence-corrected chi connectivity index (χ1v) is 14.4. The Labute approximate surface area is 232 Å². The Hall–Kier alpha value is -3.81. The molecule has 4 aliphatic rings. The van der Waals surface area contributed by atoms with Crippen molar-refractivity contribution in [1.82, 2.24) is 19.4 Å². The second-order valence-electron chi connectivity index (χ2n) is 13.1. The molecule has 4 aromatic rings. The number of nitrogens with one attached hydrogen (secondary N) is 1. The summed E-state index contributed by atoms with van der Waals surface area (Å²) in [6.45, 7) is 9.50.